The fourth-order valence-electron chi connectivity index (χ4n) is 0.641. The number of aldehydes is 1. The van der Waals surface area contributed by atoms with E-state index in [0.29, 0.717) is 5.56 Å². The average Bonchev–Trinajstić information content (AvgIpc) is 1.88. The van der Waals surface area contributed by atoms with Gasteiger partial charge in [0.15, 0.2) is 0 Å². The lowest BCUT2D eigenvalue weighted by Crippen LogP contribution is -1.83. The van der Waals surface area contributed by atoms with Gasteiger partial charge in [0.2, 0.25) is 0 Å². The summed E-state index contributed by atoms with van der Waals surface area (Å²) in [5.74, 6) is 0. The van der Waals surface area contributed by atoms with Crippen LogP contribution in [0.25, 0.3) is 0 Å². The van der Waals surface area contributed by atoms with Gasteiger partial charge in [0.05, 0.1) is 0 Å². The van der Waals surface area contributed by atoms with Crippen LogP contribution >= 0.6 is 12.4 Å². The molecule has 0 unspecified atom stereocenters. The third kappa shape index (κ3) is 2.15. The molecular formula is C7H8ClNO. The van der Waals surface area contributed by atoms with Gasteiger partial charge < -0.3 is 0 Å². The average molecular weight is 158 g/mol. The highest BCUT2D eigenvalue weighted by Gasteiger charge is 1.87. The van der Waals surface area contributed by atoms with E-state index >= 15 is 0 Å². The number of hydrogen-bond acceptors (Lipinski definition) is 2. The Morgan fingerprint density at radius 3 is 2.70 bits per heavy atom. The number of carbonyl (C=O) groups excluding carboxylic acids is 1. The number of aromatic nitrogens is 1. The summed E-state index contributed by atoms with van der Waals surface area (Å²) in [4.78, 5) is 14.1. The second-order valence-electron chi connectivity index (χ2n) is 1.85. The Bertz CT molecular complexity index is 225. The molecule has 0 fully saturated rings. The molecule has 0 bridgehead atoms. The maximum absolute atomic E-state index is 10.1. The van der Waals surface area contributed by atoms with Gasteiger partial charge in [0, 0.05) is 17.5 Å². The van der Waals surface area contributed by atoms with Crippen molar-refractivity contribution in [3.05, 3.63) is 29.6 Å². The van der Waals surface area contributed by atoms with Gasteiger partial charge in [-0.25, -0.2) is 0 Å². The monoisotopic (exact) mass is 157 g/mol. The van der Waals surface area contributed by atoms with E-state index in [4.69, 9.17) is 0 Å². The smallest absolute Gasteiger partial charge is 0.150 e. The second-order valence-corrected chi connectivity index (χ2v) is 1.85. The number of carbonyl (C=O) groups is 1. The molecule has 1 rings (SSSR count). The highest BCUT2D eigenvalue weighted by molar-refractivity contribution is 5.85. The first-order chi connectivity index (χ1) is 4.33. The van der Waals surface area contributed by atoms with Crippen LogP contribution in [0.5, 0.6) is 0 Å². The SMILES string of the molecule is Cc1cc(C=O)ccn1.Cl. The number of hydrogen-bond donors (Lipinski definition) is 0. The summed E-state index contributed by atoms with van der Waals surface area (Å²) in [5.41, 5.74) is 1.56. The fraction of sp³-hybridized carbons (Fsp3) is 0.143. The summed E-state index contributed by atoms with van der Waals surface area (Å²) >= 11 is 0. The van der Waals surface area contributed by atoms with Crippen molar-refractivity contribution in [3.63, 3.8) is 0 Å². The van der Waals surface area contributed by atoms with Gasteiger partial charge in [-0.15, -0.1) is 12.4 Å². The minimum Gasteiger partial charge on any atom is -0.298 e. The van der Waals surface area contributed by atoms with Gasteiger partial charge in [0.25, 0.3) is 0 Å². The normalized spacial score (nSPS) is 8.10. The molecule has 0 aliphatic heterocycles. The van der Waals surface area contributed by atoms with E-state index in [0.717, 1.165) is 12.0 Å². The standard InChI is InChI=1S/C7H7NO.ClH/c1-6-4-7(5-9)2-3-8-6;/h2-5H,1H3;1H. The summed E-state index contributed by atoms with van der Waals surface area (Å²) in [6, 6.07) is 3.42. The first kappa shape index (κ1) is 9.11. The van der Waals surface area contributed by atoms with Gasteiger partial charge in [0.1, 0.15) is 6.29 Å². The minimum atomic E-state index is 0. The molecule has 0 aromatic carbocycles. The fourth-order valence-corrected chi connectivity index (χ4v) is 0.641. The molecule has 0 atom stereocenters. The van der Waals surface area contributed by atoms with Crippen molar-refractivity contribution in [1.29, 1.82) is 0 Å². The van der Waals surface area contributed by atoms with E-state index in [1.165, 1.54) is 0 Å². The van der Waals surface area contributed by atoms with Crippen LogP contribution < -0.4 is 0 Å². The Labute approximate surface area is 65.7 Å². The molecule has 54 valence electrons. The molecule has 2 nitrogen and oxygen atoms in total. The lowest BCUT2D eigenvalue weighted by atomic mass is 10.2. The van der Waals surface area contributed by atoms with Crippen molar-refractivity contribution in [2.24, 2.45) is 0 Å². The molecule has 0 saturated heterocycles. The Morgan fingerprint density at radius 2 is 2.30 bits per heavy atom. The summed E-state index contributed by atoms with van der Waals surface area (Å²) in [6.07, 6.45) is 2.44. The predicted octanol–water partition coefficient (Wildman–Crippen LogP) is 1.62. The highest BCUT2D eigenvalue weighted by atomic mass is 35.5. The lowest BCUT2D eigenvalue weighted by Gasteiger charge is -1.89. The maximum atomic E-state index is 10.1. The van der Waals surface area contributed by atoms with E-state index in [1.807, 2.05) is 6.92 Å². The van der Waals surface area contributed by atoms with Crippen LogP contribution in [0.3, 0.4) is 0 Å². The predicted molar refractivity (Wildman–Crippen MR) is 41.6 cm³/mol. The maximum Gasteiger partial charge on any atom is 0.150 e. The Balaban J connectivity index is 0.000000810. The molecule has 0 aliphatic rings. The van der Waals surface area contributed by atoms with Crippen molar-refractivity contribution in [3.8, 4) is 0 Å². The Hall–Kier alpha value is -0.890. The zero-order valence-corrected chi connectivity index (χ0v) is 6.39. The van der Waals surface area contributed by atoms with Crippen LogP contribution in [0.15, 0.2) is 18.3 Å². The van der Waals surface area contributed by atoms with E-state index in [-0.39, 0.29) is 12.4 Å². The molecule has 0 radical (unpaired) electrons. The summed E-state index contributed by atoms with van der Waals surface area (Å²) in [6.45, 7) is 1.85. The first-order valence-electron chi connectivity index (χ1n) is 2.71. The molecule has 3 heteroatoms. The molecule has 0 N–H and O–H groups in total. The number of rotatable bonds is 1. The highest BCUT2D eigenvalue weighted by Crippen LogP contribution is 1.95. The van der Waals surface area contributed by atoms with Gasteiger partial charge in [-0.05, 0) is 19.1 Å². The van der Waals surface area contributed by atoms with Gasteiger partial charge in [-0.2, -0.15) is 0 Å². The van der Waals surface area contributed by atoms with Crippen molar-refractivity contribution in [2.45, 2.75) is 6.92 Å². The molecule has 0 saturated carbocycles. The Morgan fingerprint density at radius 1 is 1.60 bits per heavy atom. The summed E-state index contributed by atoms with van der Waals surface area (Å²) in [7, 11) is 0. The van der Waals surface area contributed by atoms with Gasteiger partial charge in [-0.1, -0.05) is 0 Å². The van der Waals surface area contributed by atoms with Crippen LogP contribution in [0.1, 0.15) is 16.1 Å². The topological polar surface area (TPSA) is 30.0 Å². The van der Waals surface area contributed by atoms with E-state index in [1.54, 1.807) is 18.3 Å². The second kappa shape index (κ2) is 4.01. The number of pyridine rings is 1. The molecule has 1 aromatic rings. The van der Waals surface area contributed by atoms with Crippen molar-refractivity contribution in [1.82, 2.24) is 4.98 Å². The molecule has 0 aliphatic carbocycles. The third-order valence-electron chi connectivity index (χ3n) is 1.06. The first-order valence-corrected chi connectivity index (χ1v) is 2.71. The number of aryl methyl sites for hydroxylation is 1. The zero-order valence-electron chi connectivity index (χ0n) is 5.57. The van der Waals surface area contributed by atoms with Crippen molar-refractivity contribution >= 4 is 18.7 Å². The Kier molecular flexibility index (Phi) is 3.65. The molecule has 10 heavy (non-hydrogen) atoms. The van der Waals surface area contributed by atoms with E-state index in [9.17, 15) is 4.79 Å². The van der Waals surface area contributed by atoms with Crippen molar-refractivity contribution < 1.29 is 4.79 Å². The summed E-state index contributed by atoms with van der Waals surface area (Å²) in [5, 5.41) is 0. The van der Waals surface area contributed by atoms with Gasteiger partial charge in [-0.3, -0.25) is 9.78 Å². The molecule has 0 amide bonds. The van der Waals surface area contributed by atoms with Crippen LogP contribution in [0.4, 0.5) is 0 Å². The lowest BCUT2D eigenvalue weighted by molar-refractivity contribution is 0.112. The summed E-state index contributed by atoms with van der Waals surface area (Å²) < 4.78 is 0. The third-order valence-corrected chi connectivity index (χ3v) is 1.06. The number of nitrogens with zero attached hydrogens (tertiary/aromatic N) is 1. The van der Waals surface area contributed by atoms with E-state index in [2.05, 4.69) is 4.98 Å². The van der Waals surface area contributed by atoms with E-state index < -0.39 is 0 Å². The molecule has 1 aromatic heterocycles. The largest absolute Gasteiger partial charge is 0.298 e. The van der Waals surface area contributed by atoms with Gasteiger partial charge >= 0.3 is 0 Å². The van der Waals surface area contributed by atoms with Crippen LogP contribution in [-0.4, -0.2) is 11.3 Å². The quantitative estimate of drug-likeness (QED) is 0.580. The van der Waals surface area contributed by atoms with Crippen LogP contribution in [0.2, 0.25) is 0 Å². The molecule has 1 heterocycles. The van der Waals surface area contributed by atoms with Crippen LogP contribution in [0, 0.1) is 6.92 Å². The zero-order chi connectivity index (χ0) is 6.69. The molecular weight excluding hydrogens is 150 g/mol. The molecule has 0 spiro atoms. The minimum absolute atomic E-state index is 0. The van der Waals surface area contributed by atoms with Crippen LogP contribution in [-0.2, 0) is 0 Å². The number of halogens is 1. The van der Waals surface area contributed by atoms with Crippen molar-refractivity contribution in [2.75, 3.05) is 0 Å².